The van der Waals surface area contributed by atoms with Gasteiger partial charge in [-0.3, -0.25) is 0 Å². The summed E-state index contributed by atoms with van der Waals surface area (Å²) in [6.07, 6.45) is 2.65. The van der Waals surface area contributed by atoms with E-state index < -0.39 is 10.0 Å². The van der Waals surface area contributed by atoms with Crippen LogP contribution in [0.3, 0.4) is 0 Å². The van der Waals surface area contributed by atoms with Crippen LogP contribution >= 0.6 is 0 Å². The molecule has 20 heavy (non-hydrogen) atoms. The highest BCUT2D eigenvalue weighted by molar-refractivity contribution is 7.92. The first-order valence-electron chi connectivity index (χ1n) is 5.51. The number of aromatic nitrogens is 3. The quantitative estimate of drug-likeness (QED) is 0.808. The molecule has 0 amide bonds. The Morgan fingerprint density at radius 1 is 1.35 bits per heavy atom. The maximum atomic E-state index is 12.1. The molecule has 0 spiro atoms. The Kier molecular flexibility index (Phi) is 4.11. The van der Waals surface area contributed by atoms with E-state index in [1.54, 1.807) is 0 Å². The van der Waals surface area contributed by atoms with Gasteiger partial charge in [0.1, 0.15) is 5.75 Å². The Balaban J connectivity index is 2.35. The molecule has 0 radical (unpaired) electrons. The molecular formula is C11H12N4O4S. The van der Waals surface area contributed by atoms with Gasteiger partial charge in [-0.15, -0.1) is 5.10 Å². The molecule has 1 aromatic heterocycles. The number of sulfonamides is 1. The van der Waals surface area contributed by atoms with E-state index in [-0.39, 0.29) is 17.5 Å². The minimum atomic E-state index is -3.85. The summed E-state index contributed by atoms with van der Waals surface area (Å²) in [6, 6.07) is 4.14. The van der Waals surface area contributed by atoms with Crippen molar-refractivity contribution in [3.63, 3.8) is 0 Å². The van der Waals surface area contributed by atoms with Gasteiger partial charge in [0.25, 0.3) is 16.0 Å². The number of rotatable bonds is 5. The Bertz CT molecular complexity index is 691. The molecule has 2 aromatic rings. The lowest BCUT2D eigenvalue weighted by atomic mass is 10.2. The minimum absolute atomic E-state index is 0.0326. The van der Waals surface area contributed by atoms with Crippen molar-refractivity contribution >= 4 is 16.0 Å². The zero-order chi connectivity index (χ0) is 14.6. The molecule has 0 atom stereocenters. The van der Waals surface area contributed by atoms with Crippen LogP contribution < -0.4 is 9.46 Å². The van der Waals surface area contributed by atoms with E-state index in [4.69, 9.17) is 4.74 Å². The number of hydrogen-bond acceptors (Lipinski definition) is 7. The number of benzene rings is 1. The summed E-state index contributed by atoms with van der Waals surface area (Å²) < 4.78 is 31.5. The van der Waals surface area contributed by atoms with Crippen LogP contribution in [-0.2, 0) is 16.6 Å². The van der Waals surface area contributed by atoms with Gasteiger partial charge >= 0.3 is 0 Å². The van der Waals surface area contributed by atoms with Crippen molar-refractivity contribution in [2.45, 2.75) is 11.5 Å². The second kappa shape index (κ2) is 5.80. The Hall–Kier alpha value is -2.26. The van der Waals surface area contributed by atoms with Gasteiger partial charge in [-0.1, -0.05) is 0 Å². The molecule has 106 valence electrons. The van der Waals surface area contributed by atoms with Crippen molar-refractivity contribution in [1.29, 1.82) is 0 Å². The molecule has 0 saturated heterocycles. The molecule has 0 aliphatic carbocycles. The number of aliphatic hydroxyl groups is 1. The molecule has 0 aliphatic heterocycles. The van der Waals surface area contributed by atoms with Crippen molar-refractivity contribution in [2.24, 2.45) is 0 Å². The Morgan fingerprint density at radius 3 is 2.75 bits per heavy atom. The smallest absolute Gasteiger partial charge is 0.264 e. The number of anilines is 1. The van der Waals surface area contributed by atoms with Gasteiger partial charge in [0.2, 0.25) is 0 Å². The van der Waals surface area contributed by atoms with Gasteiger partial charge < -0.3 is 9.84 Å². The number of aliphatic hydroxyl groups excluding tert-OH is 1. The molecule has 0 unspecified atom stereocenters. The van der Waals surface area contributed by atoms with E-state index >= 15 is 0 Å². The Morgan fingerprint density at radius 2 is 2.15 bits per heavy atom. The first-order valence-corrected chi connectivity index (χ1v) is 6.99. The van der Waals surface area contributed by atoms with E-state index in [1.807, 2.05) is 0 Å². The van der Waals surface area contributed by atoms with E-state index in [9.17, 15) is 13.5 Å². The summed E-state index contributed by atoms with van der Waals surface area (Å²) in [6.45, 7) is -0.337. The second-order valence-corrected chi connectivity index (χ2v) is 5.39. The monoisotopic (exact) mass is 296 g/mol. The van der Waals surface area contributed by atoms with E-state index in [2.05, 4.69) is 19.9 Å². The number of nitrogens with one attached hydrogen (secondary N) is 1. The Labute approximate surface area is 115 Å². The zero-order valence-electron chi connectivity index (χ0n) is 10.5. The van der Waals surface area contributed by atoms with Crippen LogP contribution in [0, 0.1) is 0 Å². The molecule has 2 rings (SSSR count). The summed E-state index contributed by atoms with van der Waals surface area (Å²) in [5, 5.41) is 16.3. The third-order valence-corrected chi connectivity index (χ3v) is 3.77. The standard InChI is InChI=1S/C11H12N4O4S/c1-19-10-3-2-9(6-8(10)7-16)20(17,18)15-11-12-4-5-13-14-11/h2-6,16H,7H2,1H3,(H,12,14,15). The summed E-state index contributed by atoms with van der Waals surface area (Å²) in [7, 11) is -2.42. The lowest BCUT2D eigenvalue weighted by Gasteiger charge is -2.10. The maximum Gasteiger partial charge on any atom is 0.264 e. The molecule has 1 aromatic carbocycles. The van der Waals surface area contributed by atoms with Gasteiger partial charge in [-0.05, 0) is 18.2 Å². The van der Waals surface area contributed by atoms with E-state index in [0.29, 0.717) is 11.3 Å². The molecule has 0 saturated carbocycles. The van der Waals surface area contributed by atoms with Crippen LogP contribution in [0.25, 0.3) is 0 Å². The number of hydrogen-bond donors (Lipinski definition) is 2. The van der Waals surface area contributed by atoms with Gasteiger partial charge in [0.15, 0.2) is 0 Å². The summed E-state index contributed by atoms with van der Waals surface area (Å²) in [4.78, 5) is 3.70. The van der Waals surface area contributed by atoms with Gasteiger partial charge in [0.05, 0.1) is 31.0 Å². The predicted octanol–water partition coefficient (Wildman–Crippen LogP) is 0.173. The van der Waals surface area contributed by atoms with E-state index in [0.717, 1.165) is 0 Å². The summed E-state index contributed by atoms with van der Waals surface area (Å²) in [5.41, 5.74) is 0.363. The van der Waals surface area contributed by atoms with Gasteiger partial charge in [-0.2, -0.15) is 5.10 Å². The van der Waals surface area contributed by atoms with Crippen LogP contribution in [0.2, 0.25) is 0 Å². The van der Waals surface area contributed by atoms with Gasteiger partial charge in [0, 0.05) is 5.56 Å². The van der Waals surface area contributed by atoms with Crippen molar-refractivity contribution in [3.8, 4) is 5.75 Å². The van der Waals surface area contributed by atoms with Crippen LogP contribution in [0.5, 0.6) is 5.75 Å². The summed E-state index contributed by atoms with van der Waals surface area (Å²) in [5.74, 6) is 0.276. The molecule has 2 N–H and O–H groups in total. The topological polar surface area (TPSA) is 114 Å². The second-order valence-electron chi connectivity index (χ2n) is 3.70. The lowest BCUT2D eigenvalue weighted by molar-refractivity contribution is 0.273. The summed E-state index contributed by atoms with van der Waals surface area (Å²) >= 11 is 0. The molecule has 0 bridgehead atoms. The fourth-order valence-electron chi connectivity index (χ4n) is 1.52. The predicted molar refractivity (Wildman–Crippen MR) is 69.6 cm³/mol. The first-order chi connectivity index (χ1) is 9.56. The van der Waals surface area contributed by atoms with Crippen LogP contribution in [0.4, 0.5) is 5.95 Å². The highest BCUT2D eigenvalue weighted by atomic mass is 32.2. The normalized spacial score (nSPS) is 11.1. The first kappa shape index (κ1) is 14.2. The van der Waals surface area contributed by atoms with Crippen LogP contribution in [0.1, 0.15) is 5.56 Å². The third kappa shape index (κ3) is 3.00. The van der Waals surface area contributed by atoms with Crippen molar-refractivity contribution in [2.75, 3.05) is 11.8 Å². The highest BCUT2D eigenvalue weighted by Gasteiger charge is 2.17. The maximum absolute atomic E-state index is 12.1. The molecule has 8 nitrogen and oxygen atoms in total. The largest absolute Gasteiger partial charge is 0.496 e. The highest BCUT2D eigenvalue weighted by Crippen LogP contribution is 2.23. The molecule has 0 fully saturated rings. The average molecular weight is 296 g/mol. The van der Waals surface area contributed by atoms with Crippen molar-refractivity contribution in [1.82, 2.24) is 15.2 Å². The zero-order valence-corrected chi connectivity index (χ0v) is 11.3. The minimum Gasteiger partial charge on any atom is -0.496 e. The SMILES string of the molecule is COc1ccc(S(=O)(=O)Nc2nccnn2)cc1CO. The van der Waals surface area contributed by atoms with Crippen LogP contribution in [-0.4, -0.2) is 35.8 Å². The lowest BCUT2D eigenvalue weighted by Crippen LogP contribution is -2.15. The fourth-order valence-corrected chi connectivity index (χ4v) is 2.52. The number of methoxy groups -OCH3 is 1. The molecular weight excluding hydrogens is 284 g/mol. The van der Waals surface area contributed by atoms with Gasteiger partial charge in [-0.25, -0.2) is 18.1 Å². The third-order valence-electron chi connectivity index (χ3n) is 2.44. The fraction of sp³-hybridized carbons (Fsp3) is 0.182. The molecule has 1 heterocycles. The van der Waals surface area contributed by atoms with E-state index in [1.165, 1.54) is 37.7 Å². The van der Waals surface area contributed by atoms with Crippen molar-refractivity contribution in [3.05, 3.63) is 36.2 Å². The average Bonchev–Trinajstić information content (AvgIpc) is 2.47. The molecule has 9 heteroatoms. The van der Waals surface area contributed by atoms with Crippen molar-refractivity contribution < 1.29 is 18.3 Å². The molecule has 0 aliphatic rings. The number of nitrogens with zero attached hydrogens (tertiary/aromatic N) is 3. The number of ether oxygens (including phenoxy) is 1. The van der Waals surface area contributed by atoms with Crippen LogP contribution in [0.15, 0.2) is 35.5 Å².